The van der Waals surface area contributed by atoms with Crippen LogP contribution in [0.3, 0.4) is 0 Å². The van der Waals surface area contributed by atoms with Crippen molar-refractivity contribution in [2.75, 3.05) is 0 Å². The third kappa shape index (κ3) is 3.18. The molecule has 9 heteroatoms. The topological polar surface area (TPSA) is 103 Å². The Balaban J connectivity index is 1.60. The SMILES string of the molecule is C[C@@H](Oc1cc(-c2nn3c(c2O)CC(N)CC3)cn2ncc(Cl)c12)c1ccccn1. The molecule has 0 amide bonds. The zero-order valence-corrected chi connectivity index (χ0v) is 17.1. The summed E-state index contributed by atoms with van der Waals surface area (Å²) in [5, 5.41) is 20.2. The molecular weight excluding hydrogens is 404 g/mol. The van der Waals surface area contributed by atoms with Gasteiger partial charge >= 0.3 is 0 Å². The predicted octanol–water partition coefficient (Wildman–Crippen LogP) is 3.37. The summed E-state index contributed by atoms with van der Waals surface area (Å²) in [6.45, 7) is 2.60. The summed E-state index contributed by atoms with van der Waals surface area (Å²) in [6.07, 6.45) is 6.19. The van der Waals surface area contributed by atoms with Crippen molar-refractivity contribution in [3.8, 4) is 22.8 Å². The second-order valence-electron chi connectivity index (χ2n) is 7.51. The lowest BCUT2D eigenvalue weighted by atomic mass is 10.0. The second-order valence-corrected chi connectivity index (χ2v) is 7.92. The average Bonchev–Trinajstić information content (AvgIpc) is 3.29. The molecule has 1 aliphatic heterocycles. The minimum atomic E-state index is -0.307. The summed E-state index contributed by atoms with van der Waals surface area (Å²) in [6, 6.07) is 7.54. The number of fused-ring (bicyclic) bond motifs is 2. The Bertz CT molecular complexity index is 1220. The molecule has 1 unspecified atom stereocenters. The summed E-state index contributed by atoms with van der Waals surface area (Å²) in [5.74, 6) is 0.682. The van der Waals surface area contributed by atoms with Crippen molar-refractivity contribution < 1.29 is 9.84 Å². The van der Waals surface area contributed by atoms with E-state index >= 15 is 0 Å². The number of hydrogen-bond donors (Lipinski definition) is 2. The summed E-state index contributed by atoms with van der Waals surface area (Å²) in [7, 11) is 0. The Labute approximate surface area is 177 Å². The number of aromatic nitrogens is 5. The molecule has 1 aliphatic rings. The lowest BCUT2D eigenvalue weighted by molar-refractivity contribution is 0.224. The zero-order valence-electron chi connectivity index (χ0n) is 16.4. The van der Waals surface area contributed by atoms with Crippen molar-refractivity contribution >= 4 is 17.1 Å². The van der Waals surface area contributed by atoms with Crippen molar-refractivity contribution in [2.45, 2.75) is 38.5 Å². The van der Waals surface area contributed by atoms with E-state index in [1.807, 2.05) is 35.9 Å². The molecule has 5 heterocycles. The van der Waals surface area contributed by atoms with Gasteiger partial charge in [-0.15, -0.1) is 0 Å². The standard InChI is InChI=1S/C21H21ClN6O2/c1-12(16-4-2-3-6-24-16)30-18-8-13(11-28-20(18)15(22)10-25-28)19-21(29)17-9-14(23)5-7-27(17)26-19/h2-4,6,8,10-12,14,29H,5,7,9,23H2,1H3/t12-,14?/m1/s1. The van der Waals surface area contributed by atoms with Gasteiger partial charge in [-0.25, -0.2) is 4.52 Å². The van der Waals surface area contributed by atoms with Gasteiger partial charge in [-0.05, 0) is 31.5 Å². The molecule has 154 valence electrons. The number of ether oxygens (including phenoxy) is 1. The van der Waals surface area contributed by atoms with Crippen molar-refractivity contribution in [1.82, 2.24) is 24.4 Å². The lowest BCUT2D eigenvalue weighted by Gasteiger charge is -2.19. The van der Waals surface area contributed by atoms with Gasteiger partial charge in [0.1, 0.15) is 23.1 Å². The van der Waals surface area contributed by atoms with Crippen molar-refractivity contribution in [3.63, 3.8) is 0 Å². The maximum absolute atomic E-state index is 10.8. The fourth-order valence-corrected chi connectivity index (χ4v) is 4.07. The second kappa shape index (κ2) is 7.30. The number of nitrogens with zero attached hydrogens (tertiary/aromatic N) is 5. The van der Waals surface area contributed by atoms with E-state index < -0.39 is 0 Å². The fraction of sp³-hybridized carbons (Fsp3) is 0.286. The Morgan fingerprint density at radius 3 is 3.03 bits per heavy atom. The highest BCUT2D eigenvalue weighted by Gasteiger charge is 2.26. The molecule has 0 spiro atoms. The molecule has 0 aromatic carbocycles. The van der Waals surface area contributed by atoms with Gasteiger partial charge in [0, 0.05) is 37.0 Å². The summed E-state index contributed by atoms with van der Waals surface area (Å²) in [4.78, 5) is 4.36. The summed E-state index contributed by atoms with van der Waals surface area (Å²) in [5.41, 5.74) is 9.43. The number of hydrogen-bond acceptors (Lipinski definition) is 6. The molecule has 4 aromatic heterocycles. The first-order valence-electron chi connectivity index (χ1n) is 9.80. The van der Waals surface area contributed by atoms with Crippen LogP contribution in [0.25, 0.3) is 16.8 Å². The smallest absolute Gasteiger partial charge is 0.165 e. The van der Waals surface area contributed by atoms with E-state index in [0.29, 0.717) is 40.5 Å². The van der Waals surface area contributed by atoms with Crippen molar-refractivity contribution in [1.29, 1.82) is 0 Å². The van der Waals surface area contributed by atoms with E-state index in [4.69, 9.17) is 22.1 Å². The molecule has 8 nitrogen and oxygen atoms in total. The quantitative estimate of drug-likeness (QED) is 0.520. The molecule has 5 rings (SSSR count). The highest BCUT2D eigenvalue weighted by atomic mass is 35.5. The molecule has 0 saturated heterocycles. The molecule has 0 radical (unpaired) electrons. The van der Waals surface area contributed by atoms with Gasteiger partial charge < -0.3 is 15.6 Å². The van der Waals surface area contributed by atoms with E-state index in [1.165, 1.54) is 0 Å². The van der Waals surface area contributed by atoms with Gasteiger partial charge in [0.15, 0.2) is 5.75 Å². The van der Waals surface area contributed by atoms with E-state index in [9.17, 15) is 5.11 Å². The Morgan fingerprint density at radius 2 is 2.23 bits per heavy atom. The zero-order chi connectivity index (χ0) is 20.8. The maximum Gasteiger partial charge on any atom is 0.165 e. The molecule has 0 aliphatic carbocycles. The Morgan fingerprint density at radius 1 is 1.37 bits per heavy atom. The van der Waals surface area contributed by atoms with Crippen LogP contribution in [0.4, 0.5) is 0 Å². The van der Waals surface area contributed by atoms with Gasteiger partial charge in [0.25, 0.3) is 0 Å². The largest absolute Gasteiger partial charge is 0.504 e. The molecule has 3 N–H and O–H groups in total. The highest BCUT2D eigenvalue weighted by Crippen LogP contribution is 2.38. The van der Waals surface area contributed by atoms with Gasteiger partial charge in [0.05, 0.1) is 22.6 Å². The minimum Gasteiger partial charge on any atom is -0.504 e. The van der Waals surface area contributed by atoms with Crippen LogP contribution in [0.5, 0.6) is 11.5 Å². The lowest BCUT2D eigenvalue weighted by Crippen LogP contribution is -2.30. The molecule has 0 bridgehead atoms. The molecule has 2 atom stereocenters. The van der Waals surface area contributed by atoms with Crippen LogP contribution < -0.4 is 10.5 Å². The van der Waals surface area contributed by atoms with Crippen LogP contribution in [-0.2, 0) is 13.0 Å². The van der Waals surface area contributed by atoms with Gasteiger partial charge in [-0.3, -0.25) is 9.67 Å². The van der Waals surface area contributed by atoms with E-state index in [1.54, 1.807) is 23.1 Å². The average molecular weight is 425 g/mol. The van der Waals surface area contributed by atoms with Crippen LogP contribution in [0, 0.1) is 0 Å². The molecule has 4 aromatic rings. The third-order valence-corrected chi connectivity index (χ3v) is 5.69. The number of halogens is 1. The van der Waals surface area contributed by atoms with Gasteiger partial charge in [-0.2, -0.15) is 10.2 Å². The van der Waals surface area contributed by atoms with Crippen LogP contribution >= 0.6 is 11.6 Å². The van der Waals surface area contributed by atoms with E-state index in [2.05, 4.69) is 15.2 Å². The van der Waals surface area contributed by atoms with Crippen molar-refractivity contribution in [3.05, 3.63) is 59.3 Å². The molecular formula is C21H21ClN6O2. The molecule has 0 fully saturated rings. The molecule has 0 saturated carbocycles. The fourth-order valence-electron chi connectivity index (χ4n) is 3.84. The minimum absolute atomic E-state index is 0.0264. The number of rotatable bonds is 4. The maximum atomic E-state index is 10.8. The number of aromatic hydroxyl groups is 1. The van der Waals surface area contributed by atoms with Crippen LogP contribution in [-0.4, -0.2) is 35.5 Å². The van der Waals surface area contributed by atoms with Gasteiger partial charge in [-0.1, -0.05) is 17.7 Å². The first-order valence-corrected chi connectivity index (χ1v) is 10.2. The molecule has 30 heavy (non-hydrogen) atoms. The highest BCUT2D eigenvalue weighted by molar-refractivity contribution is 6.34. The summed E-state index contributed by atoms with van der Waals surface area (Å²) >= 11 is 6.37. The number of nitrogens with two attached hydrogens (primary N) is 1. The normalized spacial score (nSPS) is 17.1. The third-order valence-electron chi connectivity index (χ3n) is 5.41. The monoisotopic (exact) mass is 424 g/mol. The van der Waals surface area contributed by atoms with Crippen LogP contribution in [0.15, 0.2) is 42.9 Å². The number of aryl methyl sites for hydroxylation is 1. The Kier molecular flexibility index (Phi) is 4.60. The summed E-state index contributed by atoms with van der Waals surface area (Å²) < 4.78 is 9.70. The van der Waals surface area contributed by atoms with Gasteiger partial charge in [0.2, 0.25) is 0 Å². The van der Waals surface area contributed by atoms with Crippen LogP contribution in [0.1, 0.15) is 30.8 Å². The first kappa shape index (κ1) is 18.9. The van der Waals surface area contributed by atoms with E-state index in [0.717, 1.165) is 17.8 Å². The predicted molar refractivity (Wildman–Crippen MR) is 113 cm³/mol. The van der Waals surface area contributed by atoms with Crippen molar-refractivity contribution in [2.24, 2.45) is 5.73 Å². The first-order chi connectivity index (χ1) is 14.5. The Hall–Kier alpha value is -3.10. The van der Waals surface area contributed by atoms with Crippen LogP contribution in [0.2, 0.25) is 5.02 Å². The van der Waals surface area contributed by atoms with E-state index in [-0.39, 0.29) is 17.9 Å². The number of pyridine rings is 2.